The largest absolute Gasteiger partial charge is 0.507 e. The summed E-state index contributed by atoms with van der Waals surface area (Å²) in [6.45, 7) is 33.2. The normalized spacial score (nSPS) is 23.9. The molecule has 4 heterocycles. The molecule has 5 fully saturated rings. The fourth-order valence-corrected chi connectivity index (χ4v) is 12.9. The number of hydrogen-bond acceptors (Lipinski definition) is 4. The fraction of sp³-hybridized carbons (Fsp3) is 0.607. The second kappa shape index (κ2) is 24.1. The van der Waals surface area contributed by atoms with Crippen molar-refractivity contribution in [2.24, 2.45) is 9.98 Å². The predicted octanol–water partition coefficient (Wildman–Crippen LogP) is 10.7. The Bertz CT molecular complexity index is 1810. The third-order valence-electron chi connectivity index (χ3n) is 16.2. The number of piperidine rings is 4. The van der Waals surface area contributed by atoms with E-state index in [-0.39, 0.29) is 28.9 Å². The first kappa shape index (κ1) is 51.1. The molecule has 357 valence electrons. The average molecular weight is 934 g/mol. The molecule has 1 radical (unpaired) electrons. The number of benzene rings is 2. The number of phenols is 2. The van der Waals surface area contributed by atoms with Crippen LogP contribution in [0.1, 0.15) is 136 Å². The smallest absolute Gasteiger partial charge is 0.133 e. The number of aromatic hydroxyl groups is 2. The van der Waals surface area contributed by atoms with E-state index >= 15 is 0 Å². The number of aliphatic imine (C=N–C) groups is 2. The van der Waals surface area contributed by atoms with E-state index in [4.69, 9.17) is 9.98 Å². The summed E-state index contributed by atoms with van der Waals surface area (Å²) in [7, 11) is 0. The summed E-state index contributed by atoms with van der Waals surface area (Å²) in [5.41, 5.74) is 6.34. The van der Waals surface area contributed by atoms with E-state index in [1.165, 1.54) is 114 Å². The fourth-order valence-electron chi connectivity index (χ4n) is 12.9. The molecule has 2 aromatic carbocycles. The molecule has 2 N–H and O–H groups in total. The van der Waals surface area contributed by atoms with Gasteiger partial charge in [-0.25, -0.2) is 0 Å². The standard InChI is InChI=1S/C56H84N6O2.Co/c1-5-25-59(29-15-9-16-30-59)43-47-37-49(55(63)51(39-47)45-61(27-7-3)33-19-11-20-34-61)41-57-53-23-13-14-24-54(53)58-42-50-38-48(44-60(26-6-2)31-17-10-18-32-60)40-52(56(50)64)46-62(28-8-4)35-21-12-22-36-62;/h5-8,37-42,53-54H,1-4,9-36,43-46H2;/q+2;/p+2/t53-,54?;/m1./s1. The second-order valence-electron chi connectivity index (χ2n) is 21.3. The maximum Gasteiger partial charge on any atom is 0.133 e. The molecule has 5 aliphatic rings. The summed E-state index contributed by atoms with van der Waals surface area (Å²) < 4.78 is 3.99. The minimum Gasteiger partial charge on any atom is -0.507 e. The first-order chi connectivity index (χ1) is 31.2. The Labute approximate surface area is 404 Å². The van der Waals surface area contributed by atoms with Gasteiger partial charge >= 0.3 is 0 Å². The van der Waals surface area contributed by atoms with Crippen LogP contribution in [0.4, 0.5) is 0 Å². The molecule has 4 aliphatic heterocycles. The number of likely N-dealkylation sites (tertiary alicyclic amines) is 4. The summed E-state index contributed by atoms with van der Waals surface area (Å²) in [5, 5.41) is 24.3. The Balaban J connectivity index is 0.00000700. The summed E-state index contributed by atoms with van der Waals surface area (Å²) in [6, 6.07) is 9.12. The van der Waals surface area contributed by atoms with E-state index in [9.17, 15) is 10.2 Å². The van der Waals surface area contributed by atoms with Crippen LogP contribution in [0.25, 0.3) is 0 Å². The van der Waals surface area contributed by atoms with Gasteiger partial charge in [0.2, 0.25) is 0 Å². The van der Waals surface area contributed by atoms with Gasteiger partial charge in [-0.2, -0.15) is 0 Å². The van der Waals surface area contributed by atoms with Gasteiger partial charge in [-0.3, -0.25) is 9.98 Å². The molecule has 9 heteroatoms. The molecule has 7 rings (SSSR count). The molecule has 0 bridgehead atoms. The Morgan fingerprint density at radius 1 is 0.431 bits per heavy atom. The average Bonchev–Trinajstić information content (AvgIpc) is 3.29. The van der Waals surface area contributed by atoms with Crippen LogP contribution in [0, 0.1) is 0 Å². The van der Waals surface area contributed by atoms with Crippen LogP contribution in [0.2, 0.25) is 0 Å². The van der Waals surface area contributed by atoms with Gasteiger partial charge in [0.25, 0.3) is 0 Å². The molecule has 1 aliphatic carbocycles. The third kappa shape index (κ3) is 13.2. The van der Waals surface area contributed by atoms with Gasteiger partial charge in [-0.1, -0.05) is 39.2 Å². The third-order valence-corrected chi connectivity index (χ3v) is 16.2. The van der Waals surface area contributed by atoms with E-state index in [0.29, 0.717) is 11.5 Å². The van der Waals surface area contributed by atoms with E-state index in [2.05, 4.69) is 74.9 Å². The maximum atomic E-state index is 12.1. The molecule has 0 aromatic heterocycles. The van der Waals surface area contributed by atoms with Crippen LogP contribution in [0.15, 0.2) is 84.9 Å². The molecule has 8 nitrogen and oxygen atoms in total. The number of nitrogens with zero attached hydrogens (tertiary/aromatic N) is 6. The van der Waals surface area contributed by atoms with E-state index in [0.717, 1.165) is 144 Å². The zero-order chi connectivity index (χ0) is 44.9. The molecule has 2 atom stereocenters. The molecule has 1 unspecified atom stereocenters. The number of hydrogen-bond donors (Lipinski definition) is 2. The number of quaternary nitrogens is 4. The molecule has 4 saturated heterocycles. The second-order valence-corrected chi connectivity index (χ2v) is 21.3. The van der Waals surface area contributed by atoms with E-state index < -0.39 is 0 Å². The maximum absolute atomic E-state index is 12.1. The Morgan fingerprint density at radius 3 is 1.02 bits per heavy atom. The molecular formula is C56H86CoN6O2+4. The van der Waals surface area contributed by atoms with Crippen LogP contribution >= 0.6 is 0 Å². The van der Waals surface area contributed by atoms with Crippen molar-refractivity contribution in [1.29, 1.82) is 0 Å². The van der Waals surface area contributed by atoms with Gasteiger partial charge in [0.05, 0.1) is 90.6 Å². The molecule has 1 saturated carbocycles. The van der Waals surface area contributed by atoms with Crippen molar-refractivity contribution in [3.8, 4) is 11.5 Å². The quantitative estimate of drug-likeness (QED) is 0.0789. The van der Waals surface area contributed by atoms with E-state index in [1.807, 2.05) is 12.4 Å². The van der Waals surface area contributed by atoms with Gasteiger partial charge in [0, 0.05) is 62.6 Å². The van der Waals surface area contributed by atoms with Gasteiger partial charge in [-0.05, 0) is 138 Å². The molecule has 2 aromatic rings. The zero-order valence-corrected chi connectivity index (χ0v) is 41.3. The first-order valence-electron chi connectivity index (χ1n) is 25.8. The van der Waals surface area contributed by atoms with Crippen molar-refractivity contribution >= 4 is 12.4 Å². The van der Waals surface area contributed by atoms with Crippen molar-refractivity contribution in [2.75, 3.05) is 78.5 Å². The monoisotopic (exact) mass is 934 g/mol. The first-order valence-corrected chi connectivity index (χ1v) is 25.8. The Morgan fingerprint density at radius 2 is 0.723 bits per heavy atom. The van der Waals surface area contributed by atoms with Gasteiger partial charge in [0.15, 0.2) is 0 Å². The van der Waals surface area contributed by atoms with Gasteiger partial charge in [-0.15, -0.1) is 0 Å². The van der Waals surface area contributed by atoms with Crippen molar-refractivity contribution in [2.45, 2.75) is 141 Å². The van der Waals surface area contributed by atoms with Crippen LogP contribution in [0.5, 0.6) is 11.5 Å². The molecule has 0 spiro atoms. The summed E-state index contributed by atoms with van der Waals surface area (Å²) >= 11 is 0. The Kier molecular flexibility index (Phi) is 19.0. The van der Waals surface area contributed by atoms with Crippen LogP contribution in [-0.2, 0) is 43.0 Å². The summed E-state index contributed by atoms with van der Waals surface area (Å²) in [4.78, 5) is 10.7. The topological polar surface area (TPSA) is 65.2 Å². The number of phenolic OH excluding ortho intramolecular Hbond substituents is 2. The summed E-state index contributed by atoms with van der Waals surface area (Å²) in [5.74, 6) is 0.768. The van der Waals surface area contributed by atoms with Crippen LogP contribution < -0.4 is 0 Å². The van der Waals surface area contributed by atoms with Crippen molar-refractivity contribution in [1.82, 2.24) is 0 Å². The molecule has 0 amide bonds. The van der Waals surface area contributed by atoms with Crippen molar-refractivity contribution < 1.29 is 44.9 Å². The number of rotatable bonds is 20. The van der Waals surface area contributed by atoms with Crippen LogP contribution in [-0.4, -0.2) is 131 Å². The minimum atomic E-state index is 0. The SMILES string of the molecule is C=CC[N+]1(Cc2cc(C=NC3CCCC[C@H]3N=Cc3cc(C[N+]4(CC=C)CCCCC4)cc(C[N+]4(CC=C)CCCCC4)c3O)c(O)c(C[N+]3(CC=C)CCCCC3)c2)CCCCC1.[Co]. The van der Waals surface area contributed by atoms with Crippen molar-refractivity contribution in [3.05, 3.63) is 108 Å². The molecular weight excluding hydrogens is 848 g/mol. The Hall–Kier alpha value is -3.31. The van der Waals surface area contributed by atoms with Crippen molar-refractivity contribution in [3.63, 3.8) is 0 Å². The minimum absolute atomic E-state index is 0. The molecule has 65 heavy (non-hydrogen) atoms. The van der Waals surface area contributed by atoms with E-state index in [1.54, 1.807) is 0 Å². The predicted molar refractivity (Wildman–Crippen MR) is 268 cm³/mol. The van der Waals surface area contributed by atoms with Gasteiger partial charge < -0.3 is 28.1 Å². The summed E-state index contributed by atoms with van der Waals surface area (Å²) in [6.07, 6.45) is 31.6. The zero-order valence-electron chi connectivity index (χ0n) is 40.3. The van der Waals surface area contributed by atoms with Crippen LogP contribution in [0.3, 0.4) is 0 Å². The van der Waals surface area contributed by atoms with Gasteiger partial charge in [0.1, 0.15) is 37.7 Å².